The van der Waals surface area contributed by atoms with Crippen LogP contribution in [0.1, 0.15) is 115 Å². The maximum atomic E-state index is 9.77. The Bertz CT molecular complexity index is 783. The molecule has 0 fully saturated rings. The molecule has 2 aromatic carbocycles. The van der Waals surface area contributed by atoms with Gasteiger partial charge in [-0.2, -0.15) is 4.79 Å². The molecule has 2 rings (SSSR count). The molecule has 0 aliphatic heterocycles. The van der Waals surface area contributed by atoms with Gasteiger partial charge in [-0.15, -0.1) is 0 Å². The third-order valence-electron chi connectivity index (χ3n) is 6.79. The van der Waals surface area contributed by atoms with Crippen LogP contribution in [0.5, 0.6) is 0 Å². The number of nitrogens with zero attached hydrogens (tertiary/aromatic N) is 2. The number of benzene rings is 2. The molecular formula is C29H42N2. The molecule has 0 heterocycles. The van der Waals surface area contributed by atoms with E-state index in [1.165, 1.54) is 62.5 Å². The van der Waals surface area contributed by atoms with Crippen molar-refractivity contribution in [1.29, 1.82) is 0 Å². The van der Waals surface area contributed by atoms with Gasteiger partial charge in [0.25, 0.3) is 0 Å². The van der Waals surface area contributed by atoms with Crippen LogP contribution in [0.2, 0.25) is 0 Å². The van der Waals surface area contributed by atoms with E-state index in [1.54, 1.807) is 0 Å². The summed E-state index contributed by atoms with van der Waals surface area (Å²) in [5.74, 6) is 0. The Kier molecular flexibility index (Phi) is 9.26. The number of unbranched alkanes of at least 4 members (excludes halogenated alkanes) is 4. The molecule has 0 N–H and O–H groups in total. The molecule has 0 radical (unpaired) electrons. The summed E-state index contributed by atoms with van der Waals surface area (Å²) in [6.07, 6.45) is 9.97. The SMILES string of the molecule is CCCCCC(C)(C)c1ccc(C(=[N+]=[N-])c2ccc(C(C)(C)CCCCC)cc2)cc1. The Labute approximate surface area is 190 Å². The van der Waals surface area contributed by atoms with Crippen molar-refractivity contribution < 1.29 is 4.79 Å². The highest BCUT2D eigenvalue weighted by atomic mass is 14.9. The number of hydrogen-bond donors (Lipinski definition) is 0. The zero-order valence-electron chi connectivity index (χ0n) is 20.7. The van der Waals surface area contributed by atoms with Crippen LogP contribution in [0, 0.1) is 0 Å². The van der Waals surface area contributed by atoms with Crippen molar-refractivity contribution in [3.63, 3.8) is 0 Å². The second-order valence-electron chi connectivity index (χ2n) is 10.3. The lowest BCUT2D eigenvalue weighted by Crippen LogP contribution is -2.18. The van der Waals surface area contributed by atoms with Crippen molar-refractivity contribution in [3.8, 4) is 0 Å². The average Bonchev–Trinajstić information content (AvgIpc) is 2.75. The predicted molar refractivity (Wildman–Crippen MR) is 134 cm³/mol. The molecule has 0 bridgehead atoms. The second kappa shape index (κ2) is 11.4. The van der Waals surface area contributed by atoms with Crippen LogP contribution in [0.3, 0.4) is 0 Å². The normalized spacial score (nSPS) is 11.9. The quantitative estimate of drug-likeness (QED) is 0.143. The highest BCUT2D eigenvalue weighted by Crippen LogP contribution is 2.31. The largest absolute Gasteiger partial charge is 0.361 e. The maximum Gasteiger partial charge on any atom is 0.329 e. The molecule has 0 aliphatic carbocycles. The van der Waals surface area contributed by atoms with Gasteiger partial charge < -0.3 is 5.53 Å². The van der Waals surface area contributed by atoms with Gasteiger partial charge in [-0.1, -0.05) is 104 Å². The van der Waals surface area contributed by atoms with Crippen molar-refractivity contribution in [3.05, 3.63) is 76.3 Å². The summed E-state index contributed by atoms with van der Waals surface area (Å²) < 4.78 is 0. The average molecular weight is 419 g/mol. The zero-order valence-corrected chi connectivity index (χ0v) is 20.7. The molecule has 0 aromatic heterocycles. The van der Waals surface area contributed by atoms with Crippen LogP contribution in [0.25, 0.3) is 5.53 Å². The lowest BCUT2D eigenvalue weighted by atomic mass is 9.79. The van der Waals surface area contributed by atoms with Gasteiger partial charge in [-0.05, 0) is 59.1 Å². The van der Waals surface area contributed by atoms with E-state index in [0.29, 0.717) is 5.71 Å². The molecule has 2 nitrogen and oxygen atoms in total. The van der Waals surface area contributed by atoms with Crippen LogP contribution >= 0.6 is 0 Å². The summed E-state index contributed by atoms with van der Waals surface area (Å²) in [7, 11) is 0. The van der Waals surface area contributed by atoms with Crippen LogP contribution in [-0.4, -0.2) is 10.5 Å². The minimum Gasteiger partial charge on any atom is -0.361 e. The van der Waals surface area contributed by atoms with E-state index in [4.69, 9.17) is 0 Å². The fourth-order valence-corrected chi connectivity index (χ4v) is 4.36. The molecule has 2 heteroatoms. The van der Waals surface area contributed by atoms with Crippen LogP contribution in [0.4, 0.5) is 0 Å². The van der Waals surface area contributed by atoms with E-state index < -0.39 is 0 Å². The standard InChI is InChI=1S/C29H42N2/c1-7-9-11-21-28(3,4)25-17-13-23(14-18-25)27(31-30)24-15-19-26(20-16-24)29(5,6)22-12-10-8-2/h13-20H,7-12,21-22H2,1-6H3. The smallest absolute Gasteiger partial charge is 0.329 e. The van der Waals surface area contributed by atoms with Gasteiger partial charge >= 0.3 is 5.71 Å². The first-order valence-electron chi connectivity index (χ1n) is 12.2. The van der Waals surface area contributed by atoms with Gasteiger partial charge in [0.1, 0.15) is 0 Å². The van der Waals surface area contributed by atoms with Gasteiger partial charge in [0, 0.05) is 0 Å². The summed E-state index contributed by atoms with van der Waals surface area (Å²) in [5.41, 5.74) is 15.3. The van der Waals surface area contributed by atoms with Crippen LogP contribution < -0.4 is 0 Å². The molecule has 2 aromatic rings. The third-order valence-corrected chi connectivity index (χ3v) is 6.79. The first kappa shape index (κ1) is 25.1. The van der Waals surface area contributed by atoms with Crippen molar-refractivity contribution in [1.82, 2.24) is 0 Å². The molecule has 0 spiro atoms. The van der Waals surface area contributed by atoms with E-state index in [0.717, 1.165) is 11.1 Å². The minimum atomic E-state index is 0.162. The predicted octanol–water partition coefficient (Wildman–Crippen LogP) is 8.47. The topological polar surface area (TPSA) is 36.4 Å². The highest BCUT2D eigenvalue weighted by Gasteiger charge is 2.23. The molecule has 0 unspecified atom stereocenters. The van der Waals surface area contributed by atoms with Gasteiger partial charge in [-0.3, -0.25) is 0 Å². The molecule has 168 valence electrons. The Morgan fingerprint density at radius 1 is 0.645 bits per heavy atom. The Morgan fingerprint density at radius 2 is 1.00 bits per heavy atom. The third kappa shape index (κ3) is 6.91. The first-order chi connectivity index (χ1) is 14.7. The van der Waals surface area contributed by atoms with E-state index in [9.17, 15) is 5.53 Å². The lowest BCUT2D eigenvalue weighted by Gasteiger charge is -2.25. The molecular weight excluding hydrogens is 376 g/mol. The lowest BCUT2D eigenvalue weighted by molar-refractivity contribution is -0.00279. The van der Waals surface area contributed by atoms with Gasteiger partial charge in [0.15, 0.2) is 0 Å². The van der Waals surface area contributed by atoms with Crippen molar-refractivity contribution in [2.45, 2.75) is 104 Å². The van der Waals surface area contributed by atoms with Crippen LogP contribution in [0.15, 0.2) is 48.5 Å². The highest BCUT2D eigenvalue weighted by molar-refractivity contribution is 6.09. The zero-order chi connectivity index (χ0) is 22.9. The summed E-state index contributed by atoms with van der Waals surface area (Å²) in [4.78, 5) is 3.65. The fraction of sp³-hybridized carbons (Fsp3) is 0.552. The number of hydrogen-bond acceptors (Lipinski definition) is 0. The molecule has 0 saturated heterocycles. The van der Waals surface area contributed by atoms with Crippen molar-refractivity contribution >= 4 is 5.71 Å². The molecule has 0 atom stereocenters. The van der Waals surface area contributed by atoms with E-state index in [-0.39, 0.29) is 10.8 Å². The summed E-state index contributed by atoms with van der Waals surface area (Å²) in [5, 5.41) is 0. The Morgan fingerprint density at radius 3 is 1.29 bits per heavy atom. The minimum absolute atomic E-state index is 0.162. The maximum absolute atomic E-state index is 9.77. The van der Waals surface area contributed by atoms with Gasteiger partial charge in [-0.25, -0.2) is 0 Å². The van der Waals surface area contributed by atoms with Crippen molar-refractivity contribution in [2.24, 2.45) is 0 Å². The number of rotatable bonds is 12. The van der Waals surface area contributed by atoms with Crippen molar-refractivity contribution in [2.75, 3.05) is 0 Å². The first-order valence-corrected chi connectivity index (χ1v) is 12.2. The van der Waals surface area contributed by atoms with Gasteiger partial charge in [0.2, 0.25) is 0 Å². The second-order valence-corrected chi connectivity index (χ2v) is 10.3. The summed E-state index contributed by atoms with van der Waals surface area (Å²) in [6.45, 7) is 13.8. The van der Waals surface area contributed by atoms with E-state index >= 15 is 0 Å². The molecule has 0 saturated carbocycles. The van der Waals surface area contributed by atoms with E-state index in [2.05, 4.69) is 94.9 Å². The Balaban J connectivity index is 2.16. The monoisotopic (exact) mass is 418 g/mol. The summed E-state index contributed by atoms with van der Waals surface area (Å²) in [6, 6.07) is 17.1. The summed E-state index contributed by atoms with van der Waals surface area (Å²) >= 11 is 0. The van der Waals surface area contributed by atoms with Crippen LogP contribution in [-0.2, 0) is 10.8 Å². The fourth-order valence-electron chi connectivity index (χ4n) is 4.36. The Hall–Kier alpha value is -2.18. The van der Waals surface area contributed by atoms with Gasteiger partial charge in [0.05, 0.1) is 11.1 Å². The molecule has 0 amide bonds. The molecule has 31 heavy (non-hydrogen) atoms. The van der Waals surface area contributed by atoms with E-state index in [1.807, 2.05) is 0 Å². The molecule has 0 aliphatic rings.